The van der Waals surface area contributed by atoms with Crippen LogP contribution in [0.15, 0.2) is 36.9 Å². The van der Waals surface area contributed by atoms with E-state index in [1.165, 1.54) is 0 Å². The molecule has 0 aromatic heterocycles. The molecule has 2 N–H and O–H groups in total. The van der Waals surface area contributed by atoms with Crippen LogP contribution in [0.3, 0.4) is 0 Å². The highest BCUT2D eigenvalue weighted by Gasteiger charge is 2.20. The van der Waals surface area contributed by atoms with Gasteiger partial charge >= 0.3 is 0 Å². The summed E-state index contributed by atoms with van der Waals surface area (Å²) in [6.45, 7) is 3.27. The van der Waals surface area contributed by atoms with Crippen molar-refractivity contribution in [2.45, 2.75) is 6.04 Å². The molecule has 18 heavy (non-hydrogen) atoms. The molecule has 1 amide bonds. The molecule has 0 aliphatic heterocycles. The van der Waals surface area contributed by atoms with Gasteiger partial charge in [-0.2, -0.15) is 8.42 Å². The van der Waals surface area contributed by atoms with Crippen LogP contribution >= 0.6 is 11.6 Å². The number of carbonyl (C=O) groups is 1. The largest absolute Gasteiger partial charge is 0.345 e. The second kappa shape index (κ2) is 5.99. The third kappa shape index (κ3) is 4.87. The average molecular weight is 290 g/mol. The fourth-order valence-corrected chi connectivity index (χ4v) is 2.18. The van der Waals surface area contributed by atoms with E-state index < -0.39 is 27.8 Å². The molecule has 0 saturated carbocycles. The molecule has 0 heterocycles. The highest BCUT2D eigenvalue weighted by Crippen LogP contribution is 2.18. The fraction of sp³-hybridized carbons (Fsp3) is 0.182. The number of halogens is 1. The van der Waals surface area contributed by atoms with E-state index in [1.54, 1.807) is 24.3 Å². The first-order chi connectivity index (χ1) is 8.31. The minimum absolute atomic E-state index is 0.486. The van der Waals surface area contributed by atoms with Gasteiger partial charge in [-0.25, -0.2) is 0 Å². The molecule has 0 aliphatic carbocycles. The van der Waals surface area contributed by atoms with E-state index in [-0.39, 0.29) is 0 Å². The van der Waals surface area contributed by atoms with Crippen molar-refractivity contribution < 1.29 is 17.8 Å². The molecule has 0 saturated heterocycles. The van der Waals surface area contributed by atoms with Gasteiger partial charge in [0, 0.05) is 5.02 Å². The first-order valence-electron chi connectivity index (χ1n) is 4.95. The molecule has 0 fully saturated rings. The molecule has 0 bridgehead atoms. The number of hydrogen-bond donors (Lipinski definition) is 2. The number of amides is 1. The van der Waals surface area contributed by atoms with E-state index in [9.17, 15) is 13.2 Å². The Labute approximate surface area is 110 Å². The summed E-state index contributed by atoms with van der Waals surface area (Å²) < 4.78 is 30.7. The monoisotopic (exact) mass is 289 g/mol. The fourth-order valence-electron chi connectivity index (χ4n) is 1.36. The maximum Gasteiger partial charge on any atom is 0.267 e. The van der Waals surface area contributed by atoms with Crippen molar-refractivity contribution in [3.8, 4) is 0 Å². The number of nitrogens with one attached hydrogen (secondary N) is 1. The van der Waals surface area contributed by atoms with Crippen LogP contribution in [-0.4, -0.2) is 24.6 Å². The van der Waals surface area contributed by atoms with Gasteiger partial charge in [0.2, 0.25) is 5.91 Å². The summed E-state index contributed by atoms with van der Waals surface area (Å²) in [5.41, 5.74) is 0.521. The van der Waals surface area contributed by atoms with Crippen LogP contribution in [0, 0.1) is 0 Å². The first kappa shape index (κ1) is 14.7. The summed E-state index contributed by atoms with van der Waals surface area (Å²) in [5, 5.41) is 2.91. The summed E-state index contributed by atoms with van der Waals surface area (Å²) in [5.74, 6) is -1.15. The number of hydrogen-bond acceptors (Lipinski definition) is 3. The first-order valence-corrected chi connectivity index (χ1v) is 6.94. The van der Waals surface area contributed by atoms with Crippen molar-refractivity contribution in [1.82, 2.24) is 5.32 Å². The van der Waals surface area contributed by atoms with Crippen LogP contribution < -0.4 is 5.32 Å². The molecule has 1 atom stereocenters. The van der Waals surface area contributed by atoms with Gasteiger partial charge in [0.05, 0.1) is 11.8 Å². The Balaban J connectivity index is 2.99. The van der Waals surface area contributed by atoms with Gasteiger partial charge in [-0.15, -0.1) is 0 Å². The van der Waals surface area contributed by atoms with Crippen molar-refractivity contribution in [1.29, 1.82) is 0 Å². The predicted octanol–water partition coefficient (Wildman–Crippen LogP) is 1.57. The highest BCUT2D eigenvalue weighted by atomic mass is 35.5. The Morgan fingerprint density at radius 3 is 2.44 bits per heavy atom. The molecular weight excluding hydrogens is 278 g/mol. The molecule has 1 aromatic carbocycles. The molecule has 1 aromatic rings. The zero-order chi connectivity index (χ0) is 13.8. The normalized spacial score (nSPS) is 12.8. The lowest BCUT2D eigenvalue weighted by Crippen LogP contribution is -2.31. The second-order valence-corrected chi connectivity index (χ2v) is 5.50. The van der Waals surface area contributed by atoms with Gasteiger partial charge in [-0.3, -0.25) is 9.35 Å². The summed E-state index contributed by atoms with van der Waals surface area (Å²) in [6.07, 6.45) is 1.02. The van der Waals surface area contributed by atoms with Crippen molar-refractivity contribution >= 4 is 27.6 Å². The Hall–Kier alpha value is -1.37. The number of rotatable bonds is 5. The van der Waals surface area contributed by atoms with Crippen molar-refractivity contribution in [3.63, 3.8) is 0 Å². The lowest BCUT2D eigenvalue weighted by molar-refractivity contribution is -0.117. The van der Waals surface area contributed by atoms with Crippen molar-refractivity contribution in [3.05, 3.63) is 47.5 Å². The molecular formula is C11H12ClNO4S. The van der Waals surface area contributed by atoms with Crippen LogP contribution in [0.4, 0.5) is 0 Å². The minimum atomic E-state index is -4.22. The molecule has 1 unspecified atom stereocenters. The summed E-state index contributed by atoms with van der Waals surface area (Å²) in [7, 11) is -4.22. The molecule has 5 nitrogen and oxygen atoms in total. The zero-order valence-corrected chi connectivity index (χ0v) is 10.9. The van der Waals surface area contributed by atoms with E-state index in [0.717, 1.165) is 6.08 Å². The lowest BCUT2D eigenvalue weighted by atomic mass is 10.1. The SMILES string of the molecule is C=CC(=O)NC(CS(=O)(=O)O)c1ccc(Cl)cc1. The molecule has 7 heteroatoms. The van der Waals surface area contributed by atoms with Crippen LogP contribution in [-0.2, 0) is 14.9 Å². The van der Waals surface area contributed by atoms with Crippen LogP contribution in [0.1, 0.15) is 11.6 Å². The second-order valence-electron chi connectivity index (χ2n) is 3.57. The molecule has 0 radical (unpaired) electrons. The van der Waals surface area contributed by atoms with Gasteiger partial charge in [-0.1, -0.05) is 30.3 Å². The van der Waals surface area contributed by atoms with E-state index >= 15 is 0 Å². The third-order valence-corrected chi connectivity index (χ3v) is 3.16. The number of benzene rings is 1. The summed E-state index contributed by atoms with van der Waals surface area (Å²) in [6, 6.07) is 5.41. The summed E-state index contributed by atoms with van der Waals surface area (Å²) in [4.78, 5) is 11.2. The Morgan fingerprint density at radius 1 is 1.44 bits per heavy atom. The van der Waals surface area contributed by atoms with Crippen LogP contribution in [0.5, 0.6) is 0 Å². The predicted molar refractivity (Wildman–Crippen MR) is 68.9 cm³/mol. The van der Waals surface area contributed by atoms with E-state index in [4.69, 9.17) is 16.2 Å². The van der Waals surface area contributed by atoms with Gasteiger partial charge < -0.3 is 5.32 Å². The zero-order valence-electron chi connectivity index (χ0n) is 9.34. The van der Waals surface area contributed by atoms with Crippen molar-refractivity contribution in [2.24, 2.45) is 0 Å². The molecule has 0 spiro atoms. The van der Waals surface area contributed by atoms with Gasteiger partial charge in [0.25, 0.3) is 10.1 Å². The third-order valence-electron chi connectivity index (χ3n) is 2.15. The Morgan fingerprint density at radius 2 is 2.00 bits per heavy atom. The van der Waals surface area contributed by atoms with Crippen molar-refractivity contribution in [2.75, 3.05) is 5.75 Å². The molecule has 98 valence electrons. The average Bonchev–Trinajstić information content (AvgIpc) is 2.27. The molecule has 1 rings (SSSR count). The quantitative estimate of drug-likeness (QED) is 0.637. The lowest BCUT2D eigenvalue weighted by Gasteiger charge is -2.16. The standard InChI is InChI=1S/C11H12ClNO4S/c1-2-11(14)13-10(7-18(15,16)17)8-3-5-9(12)6-4-8/h2-6,10H,1,7H2,(H,13,14)(H,15,16,17). The maximum absolute atomic E-state index is 11.2. The molecule has 0 aliphatic rings. The minimum Gasteiger partial charge on any atom is -0.345 e. The maximum atomic E-state index is 11.2. The van der Waals surface area contributed by atoms with Gasteiger partial charge in [0.1, 0.15) is 0 Å². The van der Waals surface area contributed by atoms with E-state index in [0.29, 0.717) is 10.6 Å². The smallest absolute Gasteiger partial charge is 0.267 e. The van der Waals surface area contributed by atoms with E-state index in [2.05, 4.69) is 11.9 Å². The van der Waals surface area contributed by atoms with Gasteiger partial charge in [0.15, 0.2) is 0 Å². The number of carbonyl (C=O) groups excluding carboxylic acids is 1. The van der Waals surface area contributed by atoms with Crippen LogP contribution in [0.2, 0.25) is 5.02 Å². The Bertz CT molecular complexity index is 539. The Kier molecular flexibility index (Phi) is 4.89. The summed E-state index contributed by atoms with van der Waals surface area (Å²) >= 11 is 5.71. The van der Waals surface area contributed by atoms with Crippen LogP contribution in [0.25, 0.3) is 0 Å². The van der Waals surface area contributed by atoms with E-state index in [1.807, 2.05) is 0 Å². The highest BCUT2D eigenvalue weighted by molar-refractivity contribution is 7.85. The topological polar surface area (TPSA) is 83.5 Å². The van der Waals surface area contributed by atoms with Gasteiger partial charge in [-0.05, 0) is 23.8 Å².